The van der Waals surface area contributed by atoms with Gasteiger partial charge < -0.3 is 20.1 Å². The van der Waals surface area contributed by atoms with Gasteiger partial charge in [0, 0.05) is 19.5 Å². The summed E-state index contributed by atoms with van der Waals surface area (Å²) >= 11 is 0. The van der Waals surface area contributed by atoms with Crippen molar-refractivity contribution in [2.75, 3.05) is 0 Å². The molecule has 4 rings (SSSR count). The van der Waals surface area contributed by atoms with Gasteiger partial charge in [-0.05, 0) is 43.4 Å². The molecule has 0 aromatic heterocycles. The fourth-order valence-electron chi connectivity index (χ4n) is 4.84. The van der Waals surface area contributed by atoms with Gasteiger partial charge in [-0.25, -0.2) is 0 Å². The van der Waals surface area contributed by atoms with Gasteiger partial charge >= 0.3 is 0 Å². The Bertz CT molecular complexity index is 1060. The molecule has 5 heteroatoms. The molecule has 1 aliphatic rings. The molecule has 5 nitrogen and oxygen atoms in total. The van der Waals surface area contributed by atoms with Crippen LogP contribution < -0.4 is 10.6 Å². The molecule has 4 atom stereocenters. The molecule has 0 spiro atoms. The summed E-state index contributed by atoms with van der Waals surface area (Å²) in [5.41, 5.74) is 3.59. The van der Waals surface area contributed by atoms with E-state index in [-0.39, 0.29) is 30.2 Å². The fourth-order valence-corrected chi connectivity index (χ4v) is 4.84. The molecule has 184 valence electrons. The van der Waals surface area contributed by atoms with Crippen LogP contribution in [0.2, 0.25) is 0 Å². The molecule has 4 unspecified atom stereocenters. The highest BCUT2D eigenvalue weighted by molar-refractivity contribution is 5.73. The molecule has 2 N–H and O–H groups in total. The fraction of sp³-hybridized carbons (Fsp3) is 0.367. The van der Waals surface area contributed by atoms with E-state index in [2.05, 4.69) is 71.3 Å². The molecule has 1 saturated heterocycles. The van der Waals surface area contributed by atoms with Crippen LogP contribution in [0.4, 0.5) is 0 Å². The van der Waals surface area contributed by atoms with Gasteiger partial charge in [0.1, 0.15) is 12.2 Å². The maximum absolute atomic E-state index is 12.2. The Hall–Kier alpha value is -2.99. The van der Waals surface area contributed by atoms with E-state index in [1.165, 1.54) is 11.1 Å². The van der Waals surface area contributed by atoms with E-state index in [4.69, 9.17) is 9.47 Å². The second-order valence-electron chi connectivity index (χ2n) is 9.72. The zero-order valence-electron chi connectivity index (χ0n) is 20.8. The van der Waals surface area contributed by atoms with Crippen molar-refractivity contribution in [1.29, 1.82) is 0 Å². The third kappa shape index (κ3) is 7.25. The van der Waals surface area contributed by atoms with Crippen LogP contribution in [0.25, 0.3) is 0 Å². The number of hydrogen-bond donors (Lipinski definition) is 2. The van der Waals surface area contributed by atoms with Crippen molar-refractivity contribution in [3.05, 3.63) is 108 Å². The largest absolute Gasteiger partial charge is 0.351 e. The number of benzene rings is 3. The van der Waals surface area contributed by atoms with E-state index in [9.17, 15) is 4.79 Å². The van der Waals surface area contributed by atoms with Crippen molar-refractivity contribution in [2.24, 2.45) is 0 Å². The first-order chi connectivity index (χ1) is 16.9. The minimum atomic E-state index is -0.758. The van der Waals surface area contributed by atoms with Crippen LogP contribution in [-0.4, -0.2) is 36.0 Å². The van der Waals surface area contributed by atoms with Gasteiger partial charge in [-0.15, -0.1) is 0 Å². The summed E-state index contributed by atoms with van der Waals surface area (Å²) in [6.07, 6.45) is 0.880. The third-order valence-electron chi connectivity index (χ3n) is 6.35. The number of hydrogen-bond acceptors (Lipinski definition) is 4. The van der Waals surface area contributed by atoms with Crippen molar-refractivity contribution in [3.8, 4) is 0 Å². The van der Waals surface area contributed by atoms with Gasteiger partial charge in [0.15, 0.2) is 5.79 Å². The number of ether oxygens (including phenoxy) is 2. The van der Waals surface area contributed by atoms with E-state index < -0.39 is 5.79 Å². The monoisotopic (exact) mass is 472 g/mol. The quantitative estimate of drug-likeness (QED) is 0.451. The lowest BCUT2D eigenvalue weighted by Gasteiger charge is -2.32. The van der Waals surface area contributed by atoms with Crippen LogP contribution in [0.15, 0.2) is 91.0 Å². The smallest absolute Gasteiger partial charge is 0.217 e. The first-order valence-corrected chi connectivity index (χ1v) is 12.4. The van der Waals surface area contributed by atoms with Crippen molar-refractivity contribution < 1.29 is 14.3 Å². The van der Waals surface area contributed by atoms with Gasteiger partial charge in [-0.3, -0.25) is 4.79 Å². The second kappa shape index (κ2) is 11.6. The Morgan fingerprint density at radius 1 is 0.743 bits per heavy atom. The Labute approximate surface area is 208 Å². The first kappa shape index (κ1) is 25.1. The number of carbonyl (C=O) groups excluding carboxylic acids is 1. The van der Waals surface area contributed by atoms with E-state index in [1.54, 1.807) is 6.92 Å². The van der Waals surface area contributed by atoms with Gasteiger partial charge in [0.25, 0.3) is 0 Å². The molecule has 0 radical (unpaired) electrons. The molecule has 0 bridgehead atoms. The molecule has 1 aliphatic heterocycles. The minimum Gasteiger partial charge on any atom is -0.351 e. The summed E-state index contributed by atoms with van der Waals surface area (Å²) in [5.74, 6) is -0.832. The number of nitrogens with one attached hydrogen (secondary N) is 2. The standard InChI is InChI=1S/C30H36N2O3/c1-22(33)32-27(20-24-15-9-5-10-16-24)29-28(34-30(2,3)35-29)26(19-23-13-7-4-8-14-23)31-21-25-17-11-6-12-18-25/h4-18,26-29,31H,19-21H2,1-3H3,(H,32,33). The molecule has 3 aromatic carbocycles. The molecule has 1 heterocycles. The zero-order valence-corrected chi connectivity index (χ0v) is 20.8. The summed E-state index contributed by atoms with van der Waals surface area (Å²) in [7, 11) is 0. The van der Waals surface area contributed by atoms with Crippen molar-refractivity contribution in [3.63, 3.8) is 0 Å². The summed E-state index contributed by atoms with van der Waals surface area (Å²) < 4.78 is 13.0. The predicted octanol–water partition coefficient (Wildman–Crippen LogP) is 4.66. The number of rotatable bonds is 10. The van der Waals surface area contributed by atoms with Crippen LogP contribution in [0.3, 0.4) is 0 Å². The summed E-state index contributed by atoms with van der Waals surface area (Å²) in [5, 5.41) is 6.91. The lowest BCUT2D eigenvalue weighted by molar-refractivity contribution is -0.151. The average molecular weight is 473 g/mol. The van der Waals surface area contributed by atoms with Crippen LogP contribution >= 0.6 is 0 Å². The molecular weight excluding hydrogens is 436 g/mol. The first-order valence-electron chi connectivity index (χ1n) is 12.4. The average Bonchev–Trinajstić information content (AvgIpc) is 3.18. The summed E-state index contributed by atoms with van der Waals surface area (Å²) in [6, 6.07) is 30.8. The minimum absolute atomic E-state index is 0.0172. The molecule has 0 saturated carbocycles. The van der Waals surface area contributed by atoms with E-state index in [0.29, 0.717) is 6.42 Å². The Morgan fingerprint density at radius 3 is 1.66 bits per heavy atom. The summed E-state index contributed by atoms with van der Waals surface area (Å²) in [6.45, 7) is 6.17. The van der Waals surface area contributed by atoms with Crippen LogP contribution in [0.1, 0.15) is 37.5 Å². The third-order valence-corrected chi connectivity index (χ3v) is 6.35. The highest BCUT2D eigenvalue weighted by atomic mass is 16.8. The van der Waals surface area contributed by atoms with E-state index in [0.717, 1.165) is 18.5 Å². The Balaban J connectivity index is 1.62. The van der Waals surface area contributed by atoms with Crippen molar-refractivity contribution in [2.45, 2.75) is 70.2 Å². The molecular formula is C30H36N2O3. The molecule has 3 aromatic rings. The maximum atomic E-state index is 12.2. The lowest BCUT2D eigenvalue weighted by atomic mass is 9.91. The topological polar surface area (TPSA) is 59.6 Å². The molecule has 0 aliphatic carbocycles. The van der Waals surface area contributed by atoms with E-state index >= 15 is 0 Å². The molecule has 1 fully saturated rings. The van der Waals surface area contributed by atoms with Gasteiger partial charge in [-0.1, -0.05) is 91.0 Å². The molecule has 35 heavy (non-hydrogen) atoms. The van der Waals surface area contributed by atoms with Crippen LogP contribution in [-0.2, 0) is 33.7 Å². The van der Waals surface area contributed by atoms with Gasteiger partial charge in [-0.2, -0.15) is 0 Å². The highest BCUT2D eigenvalue weighted by Gasteiger charge is 2.48. The predicted molar refractivity (Wildman–Crippen MR) is 139 cm³/mol. The SMILES string of the molecule is CC(=O)NC(Cc1ccccc1)C1OC(C)(C)OC1C(Cc1ccccc1)NCc1ccccc1. The normalized spacial score (nSPS) is 20.8. The zero-order chi connectivity index (χ0) is 24.7. The summed E-state index contributed by atoms with van der Waals surface area (Å²) in [4.78, 5) is 12.2. The van der Waals surface area contributed by atoms with Gasteiger partial charge in [0.05, 0.1) is 6.04 Å². The highest BCUT2D eigenvalue weighted by Crippen LogP contribution is 2.34. The number of amides is 1. The lowest BCUT2D eigenvalue weighted by Crippen LogP contribution is -2.54. The van der Waals surface area contributed by atoms with E-state index in [1.807, 2.05) is 44.2 Å². The Kier molecular flexibility index (Phi) is 8.34. The maximum Gasteiger partial charge on any atom is 0.217 e. The molecule has 1 amide bonds. The van der Waals surface area contributed by atoms with Crippen LogP contribution in [0.5, 0.6) is 0 Å². The van der Waals surface area contributed by atoms with Crippen LogP contribution in [0, 0.1) is 0 Å². The Morgan fingerprint density at radius 2 is 1.17 bits per heavy atom. The van der Waals surface area contributed by atoms with Crippen molar-refractivity contribution >= 4 is 5.91 Å². The van der Waals surface area contributed by atoms with Gasteiger partial charge in [0.2, 0.25) is 5.91 Å². The second-order valence-corrected chi connectivity index (χ2v) is 9.72. The van der Waals surface area contributed by atoms with Crippen molar-refractivity contribution in [1.82, 2.24) is 10.6 Å². The number of carbonyl (C=O) groups is 1.